The number of hydrogen-bond acceptors (Lipinski definition) is 4. The van der Waals surface area contributed by atoms with Gasteiger partial charge in [0.15, 0.2) is 0 Å². The van der Waals surface area contributed by atoms with E-state index < -0.39 is 0 Å². The number of rotatable bonds is 7. The molecular weight excluding hydrogens is 312 g/mol. The average molecular weight is 347 g/mol. The van der Waals surface area contributed by atoms with Gasteiger partial charge in [0.25, 0.3) is 0 Å². The molecular formula is C21H34N2O2. The second-order valence-corrected chi connectivity index (χ2v) is 7.88. The zero-order valence-electron chi connectivity index (χ0n) is 15.6. The van der Waals surface area contributed by atoms with Crippen LogP contribution in [0.4, 0.5) is 0 Å². The summed E-state index contributed by atoms with van der Waals surface area (Å²) in [6.45, 7) is 6.15. The second-order valence-electron chi connectivity index (χ2n) is 7.88. The Kier molecular flexibility index (Phi) is 7.29. The van der Waals surface area contributed by atoms with E-state index >= 15 is 0 Å². The van der Waals surface area contributed by atoms with Crippen molar-refractivity contribution < 1.29 is 9.84 Å². The first-order valence-electron chi connectivity index (χ1n) is 9.96. The Labute approximate surface area is 152 Å². The Morgan fingerprint density at radius 3 is 2.56 bits per heavy atom. The third-order valence-electron chi connectivity index (χ3n) is 5.68. The highest BCUT2D eigenvalue weighted by atomic mass is 16.5. The monoisotopic (exact) mass is 346 g/mol. The van der Waals surface area contributed by atoms with Crippen molar-refractivity contribution in [1.82, 2.24) is 9.80 Å². The molecule has 2 aliphatic rings. The fourth-order valence-corrected chi connectivity index (χ4v) is 4.19. The number of aliphatic hydroxyl groups excluding tert-OH is 1. The molecule has 1 aromatic rings. The van der Waals surface area contributed by atoms with E-state index in [1.165, 1.54) is 38.6 Å². The summed E-state index contributed by atoms with van der Waals surface area (Å²) in [5.41, 5.74) is 1.02. The number of β-amino-alcohol motifs (C(OH)–C–C–N with tert-alkyl or cyclic N) is 1. The molecule has 0 spiro atoms. The Balaban J connectivity index is 1.35. The fourth-order valence-electron chi connectivity index (χ4n) is 4.19. The zero-order chi connectivity index (χ0) is 17.5. The van der Waals surface area contributed by atoms with Gasteiger partial charge < -0.3 is 19.6 Å². The smallest absolute Gasteiger partial charge is 0.0916 e. The molecule has 25 heavy (non-hydrogen) atoms. The molecule has 2 aliphatic heterocycles. The van der Waals surface area contributed by atoms with E-state index in [9.17, 15) is 5.11 Å². The van der Waals surface area contributed by atoms with Gasteiger partial charge in [0.2, 0.25) is 0 Å². The number of hydrogen-bond donors (Lipinski definition) is 1. The molecule has 140 valence electrons. The van der Waals surface area contributed by atoms with Crippen LogP contribution in [0.3, 0.4) is 0 Å². The van der Waals surface area contributed by atoms with Gasteiger partial charge in [0.1, 0.15) is 0 Å². The van der Waals surface area contributed by atoms with Crippen LogP contribution in [0.5, 0.6) is 0 Å². The lowest BCUT2D eigenvalue weighted by atomic mass is 9.95. The summed E-state index contributed by atoms with van der Waals surface area (Å²) in [7, 11) is 2.24. The van der Waals surface area contributed by atoms with E-state index in [0.717, 1.165) is 44.3 Å². The number of likely N-dealkylation sites (tertiary alicyclic amines) is 1. The highest BCUT2D eigenvalue weighted by Gasteiger charge is 2.23. The van der Waals surface area contributed by atoms with E-state index in [-0.39, 0.29) is 6.10 Å². The van der Waals surface area contributed by atoms with Crippen molar-refractivity contribution in [3.63, 3.8) is 0 Å². The molecule has 0 aromatic heterocycles. The lowest BCUT2D eigenvalue weighted by molar-refractivity contribution is -0.00546. The van der Waals surface area contributed by atoms with Gasteiger partial charge in [-0.25, -0.2) is 0 Å². The molecule has 0 unspecified atom stereocenters. The van der Waals surface area contributed by atoms with Crippen LogP contribution in [0.25, 0.3) is 0 Å². The molecule has 4 heteroatoms. The summed E-state index contributed by atoms with van der Waals surface area (Å²) in [6, 6.07) is 10.0. The molecule has 0 amide bonds. The Morgan fingerprint density at radius 1 is 1.12 bits per heavy atom. The highest BCUT2D eigenvalue weighted by Crippen LogP contribution is 2.22. The maximum Gasteiger partial charge on any atom is 0.0916 e. The van der Waals surface area contributed by atoms with Crippen LogP contribution in [-0.2, 0) is 4.74 Å². The molecule has 0 aliphatic carbocycles. The van der Waals surface area contributed by atoms with Gasteiger partial charge in [0, 0.05) is 26.2 Å². The predicted octanol–water partition coefficient (Wildman–Crippen LogP) is 2.93. The van der Waals surface area contributed by atoms with E-state index in [1.807, 2.05) is 30.3 Å². The average Bonchev–Trinajstić information content (AvgIpc) is 2.65. The van der Waals surface area contributed by atoms with Crippen LogP contribution >= 0.6 is 0 Å². The summed E-state index contributed by atoms with van der Waals surface area (Å²) in [4.78, 5) is 4.88. The zero-order valence-corrected chi connectivity index (χ0v) is 15.6. The molecule has 2 heterocycles. The van der Waals surface area contributed by atoms with Gasteiger partial charge in [0.05, 0.1) is 12.2 Å². The maximum absolute atomic E-state index is 10.4. The van der Waals surface area contributed by atoms with E-state index in [4.69, 9.17) is 4.74 Å². The van der Waals surface area contributed by atoms with E-state index in [1.54, 1.807) is 0 Å². The van der Waals surface area contributed by atoms with Crippen molar-refractivity contribution in [2.24, 2.45) is 5.92 Å². The van der Waals surface area contributed by atoms with E-state index in [0.29, 0.717) is 6.10 Å². The van der Waals surface area contributed by atoms with Gasteiger partial charge in [-0.2, -0.15) is 0 Å². The van der Waals surface area contributed by atoms with Crippen LogP contribution in [0.15, 0.2) is 30.3 Å². The summed E-state index contributed by atoms with van der Waals surface area (Å²) in [6.07, 6.45) is 6.31. The van der Waals surface area contributed by atoms with E-state index in [2.05, 4.69) is 16.8 Å². The number of aliphatic hydroxyl groups is 1. The maximum atomic E-state index is 10.4. The van der Waals surface area contributed by atoms with Gasteiger partial charge in [-0.15, -0.1) is 0 Å². The standard InChI is InChI=1S/C21H34N2O2/c1-22(16-20-9-5-6-14-25-20)15-18-10-12-23(13-11-18)17-21(24)19-7-3-2-4-8-19/h2-4,7-8,18,20-21,24H,5-6,9-17H2,1H3/t20-,21-/m1/s1. The fraction of sp³-hybridized carbons (Fsp3) is 0.714. The summed E-state index contributed by atoms with van der Waals surface area (Å²) >= 11 is 0. The number of nitrogens with zero attached hydrogens (tertiary/aromatic N) is 2. The SMILES string of the molecule is CN(CC1CCN(C[C@@H](O)c2ccccc2)CC1)C[C@H]1CCCCO1. The number of benzene rings is 1. The second kappa shape index (κ2) is 9.67. The first kappa shape index (κ1) is 18.8. The molecule has 2 fully saturated rings. The van der Waals surface area contributed by atoms with Crippen molar-refractivity contribution in [3.8, 4) is 0 Å². The molecule has 0 bridgehead atoms. The molecule has 2 atom stereocenters. The highest BCUT2D eigenvalue weighted by molar-refractivity contribution is 5.17. The summed E-state index contributed by atoms with van der Waals surface area (Å²) in [5.74, 6) is 0.777. The minimum absolute atomic E-state index is 0.371. The molecule has 1 N–H and O–H groups in total. The molecule has 0 saturated carbocycles. The minimum atomic E-state index is -0.371. The number of piperidine rings is 1. The molecule has 4 nitrogen and oxygen atoms in total. The normalized spacial score (nSPS) is 24.5. The molecule has 0 radical (unpaired) electrons. The van der Waals surface area contributed by atoms with Crippen molar-refractivity contribution >= 4 is 0 Å². The van der Waals surface area contributed by atoms with Crippen molar-refractivity contribution in [3.05, 3.63) is 35.9 Å². The summed E-state index contributed by atoms with van der Waals surface area (Å²) in [5, 5.41) is 10.4. The Morgan fingerprint density at radius 2 is 1.88 bits per heavy atom. The first-order chi connectivity index (χ1) is 12.2. The Bertz CT molecular complexity index is 482. The number of ether oxygens (including phenoxy) is 1. The third-order valence-corrected chi connectivity index (χ3v) is 5.68. The van der Waals surface area contributed by atoms with Crippen molar-refractivity contribution in [1.29, 1.82) is 0 Å². The number of likely N-dealkylation sites (N-methyl/N-ethyl adjacent to an activating group) is 1. The molecule has 2 saturated heterocycles. The Hall–Kier alpha value is -0.940. The lowest BCUT2D eigenvalue weighted by Gasteiger charge is -2.36. The van der Waals surface area contributed by atoms with Crippen LogP contribution in [0.1, 0.15) is 43.8 Å². The van der Waals surface area contributed by atoms with Gasteiger partial charge >= 0.3 is 0 Å². The lowest BCUT2D eigenvalue weighted by Crippen LogP contribution is -2.41. The first-order valence-corrected chi connectivity index (χ1v) is 9.96. The minimum Gasteiger partial charge on any atom is -0.387 e. The van der Waals surface area contributed by atoms with Crippen LogP contribution in [0, 0.1) is 5.92 Å². The van der Waals surface area contributed by atoms with Crippen LogP contribution in [0.2, 0.25) is 0 Å². The largest absolute Gasteiger partial charge is 0.387 e. The predicted molar refractivity (Wildman–Crippen MR) is 102 cm³/mol. The third kappa shape index (κ3) is 6.07. The van der Waals surface area contributed by atoms with Gasteiger partial charge in [-0.3, -0.25) is 0 Å². The molecule has 3 rings (SSSR count). The van der Waals surface area contributed by atoms with Gasteiger partial charge in [-0.1, -0.05) is 30.3 Å². The summed E-state index contributed by atoms with van der Waals surface area (Å²) < 4.78 is 5.86. The van der Waals surface area contributed by atoms with Crippen molar-refractivity contribution in [2.45, 2.75) is 44.3 Å². The van der Waals surface area contributed by atoms with Crippen molar-refractivity contribution in [2.75, 3.05) is 46.4 Å². The van der Waals surface area contributed by atoms with Crippen LogP contribution < -0.4 is 0 Å². The van der Waals surface area contributed by atoms with Gasteiger partial charge in [-0.05, 0) is 63.7 Å². The molecule has 1 aromatic carbocycles. The quantitative estimate of drug-likeness (QED) is 0.823. The topological polar surface area (TPSA) is 35.9 Å². The van der Waals surface area contributed by atoms with Crippen LogP contribution in [-0.4, -0.2) is 67.4 Å².